The molecule has 2 aliphatic carbocycles. The van der Waals surface area contributed by atoms with Gasteiger partial charge >= 0.3 is 0 Å². The van der Waals surface area contributed by atoms with Gasteiger partial charge in [-0.3, -0.25) is 4.79 Å². The largest absolute Gasteiger partial charge is 0.550 e. The molecule has 5 nitrogen and oxygen atoms in total. The molecule has 0 radical (unpaired) electrons. The van der Waals surface area contributed by atoms with Crippen LogP contribution < -0.4 is 10.4 Å². The summed E-state index contributed by atoms with van der Waals surface area (Å²) in [6.45, 7) is 1.27. The van der Waals surface area contributed by atoms with Crippen LogP contribution in [0, 0.1) is 23.7 Å². The van der Waals surface area contributed by atoms with Gasteiger partial charge in [0, 0.05) is 18.4 Å². The molecule has 1 fully saturated rings. The van der Waals surface area contributed by atoms with Crippen molar-refractivity contribution < 1.29 is 19.4 Å². The number of carbonyl (C=O) groups is 2. The third-order valence-electron chi connectivity index (χ3n) is 4.69. The molecule has 3 rings (SSSR count). The smallest absolute Gasteiger partial charge is 0.224 e. The van der Waals surface area contributed by atoms with E-state index < -0.39 is 17.8 Å². The number of hydrogen-bond donors (Lipinski definition) is 1. The van der Waals surface area contributed by atoms with Gasteiger partial charge in [0.15, 0.2) is 0 Å². The standard InChI is InChI=1S/C18H21NO4/c20-17(15-13-6-7-14(10-13)16(15)18(21)22)19-8-9-23-11-12-4-2-1-3-5-12/h1-7,13-16H,8-11H2,(H,19,20)(H,21,22)/p-1/t13-,14+,15+,16+/m0/s1. The number of rotatable bonds is 7. The molecule has 0 aliphatic heterocycles. The van der Waals surface area contributed by atoms with Gasteiger partial charge in [-0.15, -0.1) is 0 Å². The minimum absolute atomic E-state index is 0.0214. The number of fused-ring (bicyclic) bond motifs is 2. The topological polar surface area (TPSA) is 78.5 Å². The van der Waals surface area contributed by atoms with E-state index in [1.807, 2.05) is 42.5 Å². The monoisotopic (exact) mass is 314 g/mol. The quantitative estimate of drug-likeness (QED) is 0.587. The van der Waals surface area contributed by atoms with Gasteiger partial charge in [-0.1, -0.05) is 42.5 Å². The van der Waals surface area contributed by atoms with E-state index >= 15 is 0 Å². The van der Waals surface area contributed by atoms with Crippen LogP contribution in [0.5, 0.6) is 0 Å². The number of hydrogen-bond acceptors (Lipinski definition) is 4. The average Bonchev–Trinajstić information content (AvgIpc) is 3.16. The van der Waals surface area contributed by atoms with Crippen molar-refractivity contribution in [3.05, 3.63) is 48.0 Å². The first-order valence-electron chi connectivity index (χ1n) is 7.95. The number of benzene rings is 1. The first-order valence-corrected chi connectivity index (χ1v) is 7.95. The first kappa shape index (κ1) is 15.7. The van der Waals surface area contributed by atoms with Crippen molar-refractivity contribution in [2.24, 2.45) is 23.7 Å². The molecule has 0 saturated heterocycles. The van der Waals surface area contributed by atoms with E-state index in [4.69, 9.17) is 4.74 Å². The Bertz CT molecular complexity index is 598. The summed E-state index contributed by atoms with van der Waals surface area (Å²) in [6.07, 6.45) is 4.60. The summed E-state index contributed by atoms with van der Waals surface area (Å²) in [7, 11) is 0. The van der Waals surface area contributed by atoms with E-state index in [-0.39, 0.29) is 17.7 Å². The lowest BCUT2D eigenvalue weighted by atomic mass is 9.82. The summed E-state index contributed by atoms with van der Waals surface area (Å²) >= 11 is 0. The number of amides is 1. The number of aliphatic carboxylic acids is 1. The fraction of sp³-hybridized carbons (Fsp3) is 0.444. The Morgan fingerprint density at radius 2 is 1.83 bits per heavy atom. The molecule has 2 aliphatic rings. The first-order chi connectivity index (χ1) is 11.2. The van der Waals surface area contributed by atoms with E-state index in [2.05, 4.69) is 5.32 Å². The zero-order chi connectivity index (χ0) is 16.2. The van der Waals surface area contributed by atoms with Gasteiger partial charge in [0.05, 0.1) is 19.1 Å². The van der Waals surface area contributed by atoms with Gasteiger partial charge < -0.3 is 20.0 Å². The molecule has 2 bridgehead atoms. The van der Waals surface area contributed by atoms with E-state index in [0.29, 0.717) is 19.8 Å². The van der Waals surface area contributed by atoms with Crippen LogP contribution in [0.15, 0.2) is 42.5 Å². The Kier molecular flexibility index (Phi) is 4.76. The molecule has 1 saturated carbocycles. The third kappa shape index (κ3) is 3.45. The maximum absolute atomic E-state index is 12.3. The minimum Gasteiger partial charge on any atom is -0.550 e. The highest BCUT2D eigenvalue weighted by Gasteiger charge is 2.48. The molecule has 23 heavy (non-hydrogen) atoms. The van der Waals surface area contributed by atoms with Crippen LogP contribution in [0.2, 0.25) is 0 Å². The highest BCUT2D eigenvalue weighted by Crippen LogP contribution is 2.47. The van der Waals surface area contributed by atoms with E-state index in [1.165, 1.54) is 0 Å². The van der Waals surface area contributed by atoms with Gasteiger partial charge in [-0.05, 0) is 23.8 Å². The maximum atomic E-state index is 12.3. The van der Waals surface area contributed by atoms with Crippen LogP contribution in [-0.4, -0.2) is 25.0 Å². The van der Waals surface area contributed by atoms with Crippen LogP contribution in [0.3, 0.4) is 0 Å². The van der Waals surface area contributed by atoms with Gasteiger partial charge in [-0.2, -0.15) is 0 Å². The van der Waals surface area contributed by atoms with Crippen molar-refractivity contribution in [2.45, 2.75) is 13.0 Å². The van der Waals surface area contributed by atoms with Crippen molar-refractivity contribution >= 4 is 11.9 Å². The summed E-state index contributed by atoms with van der Waals surface area (Å²) in [6, 6.07) is 9.79. The lowest BCUT2D eigenvalue weighted by molar-refractivity contribution is -0.313. The molecule has 1 aromatic carbocycles. The highest BCUT2D eigenvalue weighted by atomic mass is 16.5. The highest BCUT2D eigenvalue weighted by molar-refractivity contribution is 5.86. The molecular weight excluding hydrogens is 294 g/mol. The summed E-state index contributed by atoms with van der Waals surface area (Å²) in [4.78, 5) is 23.6. The Hall–Kier alpha value is -2.14. The van der Waals surface area contributed by atoms with Crippen LogP contribution in [-0.2, 0) is 20.9 Å². The van der Waals surface area contributed by atoms with Gasteiger partial charge in [0.25, 0.3) is 0 Å². The molecule has 122 valence electrons. The Balaban J connectivity index is 1.43. The van der Waals surface area contributed by atoms with Crippen molar-refractivity contribution in [3.63, 3.8) is 0 Å². The second kappa shape index (κ2) is 6.96. The van der Waals surface area contributed by atoms with Crippen LogP contribution >= 0.6 is 0 Å². The zero-order valence-corrected chi connectivity index (χ0v) is 12.8. The van der Waals surface area contributed by atoms with Crippen molar-refractivity contribution in [3.8, 4) is 0 Å². The molecule has 4 atom stereocenters. The number of carboxylic acids is 1. The van der Waals surface area contributed by atoms with Crippen molar-refractivity contribution in [2.75, 3.05) is 13.2 Å². The lowest BCUT2D eigenvalue weighted by Gasteiger charge is -2.27. The van der Waals surface area contributed by atoms with Crippen LogP contribution in [0.25, 0.3) is 0 Å². The fourth-order valence-corrected chi connectivity index (χ4v) is 3.63. The molecule has 5 heteroatoms. The lowest BCUT2D eigenvalue weighted by Crippen LogP contribution is -2.45. The van der Waals surface area contributed by atoms with Gasteiger partial charge in [0.1, 0.15) is 0 Å². The summed E-state index contributed by atoms with van der Waals surface area (Å²) in [5.74, 6) is -2.58. The zero-order valence-electron chi connectivity index (χ0n) is 12.8. The second-order valence-corrected chi connectivity index (χ2v) is 6.15. The minimum atomic E-state index is -1.12. The third-order valence-corrected chi connectivity index (χ3v) is 4.69. The Morgan fingerprint density at radius 3 is 2.52 bits per heavy atom. The number of carbonyl (C=O) groups excluding carboxylic acids is 2. The molecule has 1 aromatic rings. The summed E-state index contributed by atoms with van der Waals surface area (Å²) < 4.78 is 5.51. The van der Waals surface area contributed by atoms with Gasteiger partial charge in [0.2, 0.25) is 5.91 Å². The normalized spacial score (nSPS) is 28.0. The van der Waals surface area contributed by atoms with Crippen molar-refractivity contribution in [1.29, 1.82) is 0 Å². The van der Waals surface area contributed by atoms with Crippen molar-refractivity contribution in [1.82, 2.24) is 5.32 Å². The second-order valence-electron chi connectivity index (χ2n) is 6.15. The summed E-state index contributed by atoms with van der Waals surface area (Å²) in [5.41, 5.74) is 1.08. The van der Waals surface area contributed by atoms with Gasteiger partial charge in [-0.25, -0.2) is 0 Å². The average molecular weight is 314 g/mol. The van der Waals surface area contributed by atoms with E-state index in [1.54, 1.807) is 0 Å². The molecule has 1 N–H and O–H groups in total. The van der Waals surface area contributed by atoms with Crippen LogP contribution in [0.4, 0.5) is 0 Å². The number of allylic oxidation sites excluding steroid dienone is 2. The number of carboxylic acid groups (broad SMARTS) is 1. The predicted molar refractivity (Wildman–Crippen MR) is 81.8 cm³/mol. The van der Waals surface area contributed by atoms with Crippen LogP contribution in [0.1, 0.15) is 12.0 Å². The Morgan fingerprint density at radius 1 is 1.13 bits per heavy atom. The molecule has 1 amide bonds. The molecule has 0 heterocycles. The molecular formula is C18H20NO4-. The number of ether oxygens (including phenoxy) is 1. The molecule has 0 spiro atoms. The predicted octanol–water partition coefficient (Wildman–Crippen LogP) is 0.508. The molecule has 0 aromatic heterocycles. The molecule has 0 unspecified atom stereocenters. The Labute approximate surface area is 135 Å². The fourth-order valence-electron chi connectivity index (χ4n) is 3.63. The van der Waals surface area contributed by atoms with E-state index in [9.17, 15) is 14.7 Å². The van der Waals surface area contributed by atoms with E-state index in [0.717, 1.165) is 12.0 Å². The SMILES string of the molecule is O=C([O-])[C@H]1[C@H](C(=O)NCCOCc2ccccc2)[C@H]2C=C[C@@H]1C2. The number of nitrogens with one attached hydrogen (secondary N) is 1. The summed E-state index contributed by atoms with van der Waals surface area (Å²) in [5, 5.41) is 14.1. The maximum Gasteiger partial charge on any atom is 0.224 e.